The van der Waals surface area contributed by atoms with Crippen molar-refractivity contribution in [2.75, 3.05) is 16.6 Å². The molecule has 0 aliphatic carbocycles. The van der Waals surface area contributed by atoms with Gasteiger partial charge in [-0.25, -0.2) is 8.42 Å². The van der Waals surface area contributed by atoms with Gasteiger partial charge >= 0.3 is 0 Å². The average molecular weight is 347 g/mol. The molecule has 5 nitrogen and oxygen atoms in total. The van der Waals surface area contributed by atoms with Gasteiger partial charge in [0.05, 0.1) is 4.90 Å². The van der Waals surface area contributed by atoms with Gasteiger partial charge in [-0.1, -0.05) is 24.3 Å². The highest BCUT2D eigenvalue weighted by atomic mass is 32.2. The Balaban J connectivity index is 2.06. The molecule has 7 heteroatoms. The van der Waals surface area contributed by atoms with Crippen molar-refractivity contribution in [2.45, 2.75) is 4.90 Å². The van der Waals surface area contributed by atoms with Gasteiger partial charge in [0.25, 0.3) is 10.0 Å². The summed E-state index contributed by atoms with van der Waals surface area (Å²) in [6.45, 7) is 4.14. The van der Waals surface area contributed by atoms with Gasteiger partial charge in [-0.2, -0.15) is 0 Å². The minimum Gasteiger partial charge on any atom is -0.359 e. The molecule has 0 aliphatic heterocycles. The van der Waals surface area contributed by atoms with Crippen LogP contribution in [0, 0.1) is 0 Å². The van der Waals surface area contributed by atoms with E-state index in [0.717, 1.165) is 0 Å². The average Bonchev–Trinajstić information content (AvgIpc) is 2.54. The fourth-order valence-corrected chi connectivity index (χ4v) is 3.04. The molecule has 120 valence electrons. The highest BCUT2D eigenvalue weighted by Crippen LogP contribution is 2.18. The normalized spacial score (nSPS) is 10.6. The second-order valence-electron chi connectivity index (χ2n) is 4.62. The number of anilines is 2. The van der Waals surface area contributed by atoms with Gasteiger partial charge in [-0.05, 0) is 48.6 Å². The quantitative estimate of drug-likeness (QED) is 0.554. The maximum absolute atomic E-state index is 12.3. The Labute approximate surface area is 141 Å². The molecule has 0 atom stereocenters. The van der Waals surface area contributed by atoms with Crippen LogP contribution in [0.5, 0.6) is 0 Å². The lowest BCUT2D eigenvalue weighted by molar-refractivity contribution is 0.601. The van der Waals surface area contributed by atoms with Crippen molar-refractivity contribution in [3.05, 3.63) is 67.3 Å². The summed E-state index contributed by atoms with van der Waals surface area (Å²) in [5.74, 6) is 0. The van der Waals surface area contributed by atoms with Crippen molar-refractivity contribution in [3.63, 3.8) is 0 Å². The predicted octanol–water partition coefficient (Wildman–Crippen LogP) is 2.96. The minimum atomic E-state index is -3.61. The number of para-hydroxylation sites is 1. The summed E-state index contributed by atoms with van der Waals surface area (Å²) in [5.41, 5.74) is 1.22. The third-order valence-electron chi connectivity index (χ3n) is 2.86. The highest BCUT2D eigenvalue weighted by Gasteiger charge is 2.13. The van der Waals surface area contributed by atoms with E-state index in [1.165, 1.54) is 12.1 Å². The standard InChI is InChI=1S/C16H17N3O2S2/c1-2-12-17-16(22)18-13-8-10-15(11-9-13)23(20,21)19-14-6-4-3-5-7-14/h2-11,19H,1,12H2,(H2,17,18,22). The van der Waals surface area contributed by atoms with E-state index in [4.69, 9.17) is 12.2 Å². The lowest BCUT2D eigenvalue weighted by Gasteiger charge is -2.11. The summed E-state index contributed by atoms with van der Waals surface area (Å²) in [5, 5.41) is 6.34. The molecule has 0 fully saturated rings. The van der Waals surface area contributed by atoms with E-state index >= 15 is 0 Å². The molecular formula is C16H17N3O2S2. The monoisotopic (exact) mass is 347 g/mol. The van der Waals surface area contributed by atoms with Crippen molar-refractivity contribution in [2.24, 2.45) is 0 Å². The molecule has 2 aromatic rings. The fourth-order valence-electron chi connectivity index (χ4n) is 1.78. The Kier molecular flexibility index (Phi) is 5.72. The lowest BCUT2D eigenvalue weighted by Crippen LogP contribution is -2.28. The first-order valence-corrected chi connectivity index (χ1v) is 8.74. The van der Waals surface area contributed by atoms with Crippen LogP contribution in [-0.4, -0.2) is 20.1 Å². The zero-order chi connectivity index (χ0) is 16.7. The summed E-state index contributed by atoms with van der Waals surface area (Å²) in [6, 6.07) is 15.1. The number of benzene rings is 2. The van der Waals surface area contributed by atoms with Crippen LogP contribution in [0.3, 0.4) is 0 Å². The van der Waals surface area contributed by atoms with Gasteiger partial charge in [0.1, 0.15) is 0 Å². The maximum Gasteiger partial charge on any atom is 0.261 e. The van der Waals surface area contributed by atoms with E-state index in [1.807, 2.05) is 6.07 Å². The van der Waals surface area contributed by atoms with Crippen LogP contribution in [0.4, 0.5) is 11.4 Å². The number of hydrogen-bond donors (Lipinski definition) is 3. The molecule has 0 heterocycles. The molecule has 2 rings (SSSR count). The molecule has 0 spiro atoms. The van der Waals surface area contributed by atoms with E-state index in [9.17, 15) is 8.42 Å². The topological polar surface area (TPSA) is 70.2 Å². The molecule has 0 unspecified atom stereocenters. The third kappa shape index (κ3) is 5.08. The second kappa shape index (κ2) is 7.75. The second-order valence-corrected chi connectivity index (χ2v) is 6.71. The molecule has 0 saturated heterocycles. The molecular weight excluding hydrogens is 330 g/mol. The molecule has 0 aromatic heterocycles. The molecule has 0 bridgehead atoms. The summed E-state index contributed by atoms with van der Waals surface area (Å²) >= 11 is 5.09. The summed E-state index contributed by atoms with van der Waals surface area (Å²) in [4.78, 5) is 0.178. The largest absolute Gasteiger partial charge is 0.359 e. The van der Waals surface area contributed by atoms with Gasteiger partial charge in [0.15, 0.2) is 5.11 Å². The van der Waals surface area contributed by atoms with E-state index in [0.29, 0.717) is 23.0 Å². The summed E-state index contributed by atoms with van der Waals surface area (Å²) < 4.78 is 27.1. The summed E-state index contributed by atoms with van der Waals surface area (Å²) in [7, 11) is -3.61. The van der Waals surface area contributed by atoms with Crippen LogP contribution in [0.25, 0.3) is 0 Å². The van der Waals surface area contributed by atoms with Gasteiger partial charge in [-0.3, -0.25) is 4.72 Å². The maximum atomic E-state index is 12.3. The van der Waals surface area contributed by atoms with E-state index in [2.05, 4.69) is 21.9 Å². The van der Waals surface area contributed by atoms with Crippen molar-refractivity contribution in [1.82, 2.24) is 5.32 Å². The van der Waals surface area contributed by atoms with Crippen LogP contribution in [0.1, 0.15) is 0 Å². The fraction of sp³-hybridized carbons (Fsp3) is 0.0625. The Morgan fingerprint density at radius 3 is 2.30 bits per heavy atom. The lowest BCUT2D eigenvalue weighted by atomic mass is 10.3. The molecule has 0 saturated carbocycles. The highest BCUT2D eigenvalue weighted by molar-refractivity contribution is 7.92. The zero-order valence-electron chi connectivity index (χ0n) is 12.3. The number of nitrogens with one attached hydrogen (secondary N) is 3. The SMILES string of the molecule is C=CCNC(=S)Nc1ccc(S(=O)(=O)Nc2ccccc2)cc1. The molecule has 0 amide bonds. The number of rotatable bonds is 6. The number of thiocarbonyl (C=S) groups is 1. The molecule has 23 heavy (non-hydrogen) atoms. The first-order chi connectivity index (χ1) is 11.0. The van der Waals surface area contributed by atoms with Crippen molar-refractivity contribution in [1.29, 1.82) is 0 Å². The van der Waals surface area contributed by atoms with Crippen molar-refractivity contribution in [3.8, 4) is 0 Å². The van der Waals surface area contributed by atoms with Gasteiger partial charge in [0.2, 0.25) is 0 Å². The van der Waals surface area contributed by atoms with E-state index < -0.39 is 10.0 Å². The first-order valence-electron chi connectivity index (χ1n) is 6.85. The Morgan fingerprint density at radius 1 is 1.04 bits per heavy atom. The van der Waals surface area contributed by atoms with Gasteiger partial charge in [0, 0.05) is 17.9 Å². The number of hydrogen-bond acceptors (Lipinski definition) is 3. The Hall–Kier alpha value is -2.38. The van der Waals surface area contributed by atoms with Crippen LogP contribution in [0.15, 0.2) is 72.1 Å². The predicted molar refractivity (Wildman–Crippen MR) is 98.1 cm³/mol. The first kappa shape index (κ1) is 17.0. The number of sulfonamides is 1. The van der Waals surface area contributed by atoms with Gasteiger partial charge < -0.3 is 10.6 Å². The smallest absolute Gasteiger partial charge is 0.261 e. The van der Waals surface area contributed by atoms with Crippen molar-refractivity contribution < 1.29 is 8.42 Å². The van der Waals surface area contributed by atoms with E-state index in [1.54, 1.807) is 42.5 Å². The van der Waals surface area contributed by atoms with Crippen LogP contribution in [-0.2, 0) is 10.0 Å². The Bertz CT molecular complexity index is 773. The van der Waals surface area contributed by atoms with E-state index in [-0.39, 0.29) is 4.90 Å². The molecule has 0 radical (unpaired) electrons. The molecule has 3 N–H and O–H groups in total. The summed E-state index contributed by atoms with van der Waals surface area (Å²) in [6.07, 6.45) is 1.69. The molecule has 0 aliphatic rings. The Morgan fingerprint density at radius 2 is 1.70 bits per heavy atom. The van der Waals surface area contributed by atoms with Crippen LogP contribution >= 0.6 is 12.2 Å². The minimum absolute atomic E-state index is 0.178. The van der Waals surface area contributed by atoms with Crippen molar-refractivity contribution >= 4 is 38.7 Å². The third-order valence-corrected chi connectivity index (χ3v) is 4.50. The van der Waals surface area contributed by atoms with Gasteiger partial charge in [-0.15, -0.1) is 6.58 Å². The zero-order valence-corrected chi connectivity index (χ0v) is 14.0. The molecule has 2 aromatic carbocycles. The van der Waals surface area contributed by atoms with Crippen LogP contribution in [0.2, 0.25) is 0 Å². The van der Waals surface area contributed by atoms with Crippen LogP contribution < -0.4 is 15.4 Å².